The first kappa shape index (κ1) is 18.0. The van der Waals surface area contributed by atoms with Gasteiger partial charge in [0.2, 0.25) is 5.91 Å². The molecule has 10 heteroatoms. The molecule has 0 radical (unpaired) electrons. The molecular formula is C18H12F2N6OS. The molecule has 2 heterocycles. The Morgan fingerprint density at radius 1 is 1.00 bits per heavy atom. The van der Waals surface area contributed by atoms with Crippen LogP contribution < -0.4 is 5.32 Å². The van der Waals surface area contributed by atoms with E-state index in [4.69, 9.17) is 0 Å². The maximum absolute atomic E-state index is 13.1. The van der Waals surface area contributed by atoms with Crippen LogP contribution in [-0.2, 0) is 4.79 Å². The number of rotatable bonds is 5. The van der Waals surface area contributed by atoms with E-state index in [0.717, 1.165) is 0 Å². The fraction of sp³-hybridized carbons (Fsp3) is 0.0556. The molecule has 2 aromatic heterocycles. The van der Waals surface area contributed by atoms with Crippen LogP contribution in [0, 0.1) is 11.6 Å². The second kappa shape index (κ2) is 7.69. The molecule has 28 heavy (non-hydrogen) atoms. The van der Waals surface area contributed by atoms with E-state index >= 15 is 0 Å². The monoisotopic (exact) mass is 398 g/mol. The van der Waals surface area contributed by atoms with Gasteiger partial charge in [-0.2, -0.15) is 4.68 Å². The van der Waals surface area contributed by atoms with Gasteiger partial charge in [-0.3, -0.25) is 4.79 Å². The first-order chi connectivity index (χ1) is 13.6. The first-order valence-corrected chi connectivity index (χ1v) is 9.09. The third kappa shape index (κ3) is 3.81. The maximum atomic E-state index is 13.1. The number of aromatic nitrogens is 5. The largest absolute Gasteiger partial charge is 0.325 e. The number of hydrogen-bond acceptors (Lipinski definition) is 6. The lowest BCUT2D eigenvalue weighted by Crippen LogP contribution is -2.14. The highest BCUT2D eigenvalue weighted by Gasteiger charge is 2.15. The molecule has 0 spiro atoms. The molecule has 0 fully saturated rings. The van der Waals surface area contributed by atoms with Gasteiger partial charge >= 0.3 is 0 Å². The number of hydrogen-bond donors (Lipinski definition) is 1. The van der Waals surface area contributed by atoms with Crippen LogP contribution in [0.3, 0.4) is 0 Å². The van der Waals surface area contributed by atoms with Crippen molar-refractivity contribution in [2.45, 2.75) is 5.03 Å². The number of nitrogens with zero attached hydrogens (tertiary/aromatic N) is 5. The predicted octanol–water partition coefficient (Wildman–Crippen LogP) is 3.22. The molecule has 0 aliphatic heterocycles. The van der Waals surface area contributed by atoms with Crippen molar-refractivity contribution in [2.75, 3.05) is 11.1 Å². The lowest BCUT2D eigenvalue weighted by atomic mass is 10.3. The number of amides is 1. The normalized spacial score (nSPS) is 10.9. The van der Waals surface area contributed by atoms with Crippen LogP contribution in [-0.4, -0.2) is 36.6 Å². The summed E-state index contributed by atoms with van der Waals surface area (Å²) in [6, 6.07) is 11.3. The minimum atomic E-state index is -0.375. The van der Waals surface area contributed by atoms with Gasteiger partial charge < -0.3 is 5.32 Å². The first-order valence-electron chi connectivity index (χ1n) is 8.11. The van der Waals surface area contributed by atoms with Crippen LogP contribution in [0.25, 0.3) is 16.9 Å². The third-order valence-corrected chi connectivity index (χ3v) is 4.72. The predicted molar refractivity (Wildman–Crippen MR) is 100 cm³/mol. The summed E-state index contributed by atoms with van der Waals surface area (Å²) in [6.07, 6.45) is 1.35. The standard InChI is InChI=1S/C18H12F2N6OS/c19-11-1-5-13(6-2-11)23-15(27)9-28-18-16-17(21-10-22-18)26(25-24-16)14-7-3-12(20)4-8-14/h1-8,10H,9H2,(H,23,27). The molecule has 7 nitrogen and oxygen atoms in total. The highest BCUT2D eigenvalue weighted by Crippen LogP contribution is 2.24. The van der Waals surface area contributed by atoms with Crippen molar-refractivity contribution < 1.29 is 13.6 Å². The minimum Gasteiger partial charge on any atom is -0.325 e. The summed E-state index contributed by atoms with van der Waals surface area (Å²) in [5.74, 6) is -0.923. The van der Waals surface area contributed by atoms with Gasteiger partial charge in [0.1, 0.15) is 23.0 Å². The van der Waals surface area contributed by atoms with Crippen LogP contribution >= 0.6 is 11.8 Å². The Morgan fingerprint density at radius 2 is 1.68 bits per heavy atom. The van der Waals surface area contributed by atoms with E-state index in [2.05, 4.69) is 25.6 Å². The molecule has 1 amide bonds. The highest BCUT2D eigenvalue weighted by molar-refractivity contribution is 8.00. The molecule has 0 saturated heterocycles. The van der Waals surface area contributed by atoms with Crippen molar-refractivity contribution in [2.24, 2.45) is 0 Å². The van der Waals surface area contributed by atoms with Crippen LogP contribution in [0.2, 0.25) is 0 Å². The smallest absolute Gasteiger partial charge is 0.234 e. The average molecular weight is 398 g/mol. The Balaban J connectivity index is 1.50. The Hall–Kier alpha value is -3.40. The van der Waals surface area contributed by atoms with Crippen molar-refractivity contribution >= 4 is 34.5 Å². The van der Waals surface area contributed by atoms with Gasteiger partial charge in [0.05, 0.1) is 11.4 Å². The second-order valence-electron chi connectivity index (χ2n) is 5.67. The summed E-state index contributed by atoms with van der Waals surface area (Å²) in [4.78, 5) is 20.5. The molecule has 4 aromatic rings. The summed E-state index contributed by atoms with van der Waals surface area (Å²) < 4.78 is 27.5. The zero-order chi connectivity index (χ0) is 19.5. The Morgan fingerprint density at radius 3 is 2.39 bits per heavy atom. The highest BCUT2D eigenvalue weighted by atomic mass is 32.2. The summed E-state index contributed by atoms with van der Waals surface area (Å²) >= 11 is 1.18. The molecule has 140 valence electrons. The molecule has 0 aliphatic rings. The second-order valence-corrected chi connectivity index (χ2v) is 6.64. The van der Waals surface area contributed by atoms with E-state index in [0.29, 0.717) is 27.6 Å². The Kier molecular flexibility index (Phi) is 4.94. The zero-order valence-corrected chi connectivity index (χ0v) is 15.0. The van der Waals surface area contributed by atoms with Gasteiger partial charge in [-0.25, -0.2) is 18.7 Å². The molecule has 0 aliphatic carbocycles. The molecule has 0 bridgehead atoms. The van der Waals surface area contributed by atoms with Crippen LogP contribution in [0.5, 0.6) is 0 Å². The Bertz CT molecular complexity index is 1130. The number of benzene rings is 2. The van der Waals surface area contributed by atoms with E-state index in [1.54, 1.807) is 12.1 Å². The van der Waals surface area contributed by atoms with Crippen LogP contribution in [0.15, 0.2) is 59.9 Å². The van der Waals surface area contributed by atoms with Gasteiger partial charge in [-0.15, -0.1) is 5.10 Å². The number of halogens is 2. The lowest BCUT2D eigenvalue weighted by molar-refractivity contribution is -0.113. The summed E-state index contributed by atoms with van der Waals surface area (Å²) in [7, 11) is 0. The van der Waals surface area contributed by atoms with E-state index < -0.39 is 0 Å². The van der Waals surface area contributed by atoms with Crippen molar-refractivity contribution in [3.8, 4) is 5.69 Å². The van der Waals surface area contributed by atoms with E-state index in [-0.39, 0.29) is 23.3 Å². The van der Waals surface area contributed by atoms with Gasteiger partial charge in [-0.1, -0.05) is 17.0 Å². The number of carbonyl (C=O) groups is 1. The topological polar surface area (TPSA) is 85.6 Å². The van der Waals surface area contributed by atoms with Gasteiger partial charge in [0.25, 0.3) is 0 Å². The molecule has 2 aromatic carbocycles. The lowest BCUT2D eigenvalue weighted by Gasteiger charge is -2.05. The molecule has 0 atom stereocenters. The van der Waals surface area contributed by atoms with Crippen molar-refractivity contribution in [3.63, 3.8) is 0 Å². The third-order valence-electron chi connectivity index (χ3n) is 3.74. The van der Waals surface area contributed by atoms with Crippen molar-refractivity contribution in [1.82, 2.24) is 25.0 Å². The number of fused-ring (bicyclic) bond motifs is 1. The fourth-order valence-corrected chi connectivity index (χ4v) is 3.18. The number of carbonyl (C=O) groups excluding carboxylic acids is 1. The summed E-state index contributed by atoms with van der Waals surface area (Å²) in [5.41, 5.74) is 1.99. The fourth-order valence-electron chi connectivity index (χ4n) is 2.45. The van der Waals surface area contributed by atoms with Crippen molar-refractivity contribution in [1.29, 1.82) is 0 Å². The molecule has 4 rings (SSSR count). The maximum Gasteiger partial charge on any atom is 0.234 e. The van der Waals surface area contributed by atoms with E-state index in [1.807, 2.05) is 0 Å². The van der Waals surface area contributed by atoms with Crippen LogP contribution in [0.4, 0.5) is 14.5 Å². The number of thioether (sulfide) groups is 1. The molecule has 0 unspecified atom stereocenters. The number of anilines is 1. The Labute approximate surface area is 161 Å². The molecular weight excluding hydrogens is 386 g/mol. The number of nitrogens with one attached hydrogen (secondary N) is 1. The van der Waals surface area contributed by atoms with Gasteiger partial charge in [-0.05, 0) is 48.5 Å². The quantitative estimate of drug-likeness (QED) is 0.410. The SMILES string of the molecule is O=C(CSc1ncnc2c1nnn2-c1ccc(F)cc1)Nc1ccc(F)cc1. The van der Waals surface area contributed by atoms with E-state index in [1.165, 1.54) is 59.2 Å². The zero-order valence-electron chi connectivity index (χ0n) is 14.2. The minimum absolute atomic E-state index is 0.0763. The molecule has 0 saturated carbocycles. The molecule has 1 N–H and O–H groups in total. The summed E-state index contributed by atoms with van der Waals surface area (Å²) in [5, 5.41) is 11.3. The van der Waals surface area contributed by atoms with Gasteiger partial charge in [0, 0.05) is 5.69 Å². The van der Waals surface area contributed by atoms with E-state index in [9.17, 15) is 13.6 Å². The van der Waals surface area contributed by atoms with Gasteiger partial charge in [0.15, 0.2) is 11.2 Å². The summed E-state index contributed by atoms with van der Waals surface area (Å²) in [6.45, 7) is 0. The van der Waals surface area contributed by atoms with Crippen LogP contribution in [0.1, 0.15) is 0 Å². The average Bonchev–Trinajstić information content (AvgIpc) is 3.13. The van der Waals surface area contributed by atoms with Crippen molar-refractivity contribution in [3.05, 3.63) is 66.5 Å².